The van der Waals surface area contributed by atoms with Crippen molar-refractivity contribution >= 4 is 34.6 Å². The van der Waals surface area contributed by atoms with Crippen molar-refractivity contribution in [2.24, 2.45) is 0 Å². The summed E-state index contributed by atoms with van der Waals surface area (Å²) >= 11 is 4.97. The smallest absolute Gasteiger partial charge is 0.219 e. The van der Waals surface area contributed by atoms with Gasteiger partial charge in [0, 0.05) is 30.1 Å². The first-order chi connectivity index (χ1) is 13.6. The Labute approximate surface area is 184 Å². The molecular formula is C23H32O4S2. The van der Waals surface area contributed by atoms with Gasteiger partial charge >= 0.3 is 0 Å². The minimum atomic E-state index is -0.185. The largest absolute Gasteiger partial charge is 0.396 e. The number of aliphatic hydroxyl groups is 2. The third-order valence-corrected chi connectivity index (χ3v) is 4.40. The molecule has 4 nitrogen and oxygen atoms in total. The maximum atomic E-state index is 11.5. The van der Waals surface area contributed by atoms with Gasteiger partial charge in [0.25, 0.3) is 0 Å². The summed E-state index contributed by atoms with van der Waals surface area (Å²) < 4.78 is 0. The van der Waals surface area contributed by atoms with Crippen molar-refractivity contribution in [2.45, 2.75) is 26.7 Å². The molecule has 0 aliphatic carbocycles. The van der Waals surface area contributed by atoms with Crippen LogP contribution in [0.25, 0.3) is 0 Å². The maximum Gasteiger partial charge on any atom is 0.219 e. The van der Waals surface area contributed by atoms with Gasteiger partial charge in [-0.25, -0.2) is 0 Å². The molecule has 0 spiro atoms. The summed E-state index contributed by atoms with van der Waals surface area (Å²) in [5.41, 5.74) is 1.39. The van der Waals surface area contributed by atoms with Crippen LogP contribution in [0.1, 0.15) is 47.4 Å². The first-order valence-electron chi connectivity index (χ1n) is 8.89. The molecule has 0 atom stereocenters. The summed E-state index contributed by atoms with van der Waals surface area (Å²) in [5.74, 6) is 0.786. The van der Waals surface area contributed by atoms with E-state index in [1.807, 2.05) is 48.5 Å². The van der Waals surface area contributed by atoms with Crippen LogP contribution in [0.3, 0.4) is 0 Å². The number of carbonyl (C=O) groups is 2. The molecular weight excluding hydrogens is 404 g/mol. The van der Waals surface area contributed by atoms with E-state index in [-0.39, 0.29) is 30.9 Å². The van der Waals surface area contributed by atoms with Gasteiger partial charge in [-0.3, -0.25) is 9.59 Å². The Morgan fingerprint density at radius 2 is 1.41 bits per heavy atom. The fourth-order valence-corrected chi connectivity index (χ4v) is 2.69. The van der Waals surface area contributed by atoms with Crippen LogP contribution >= 0.6 is 24.4 Å². The molecule has 2 aromatic rings. The van der Waals surface area contributed by atoms with E-state index in [9.17, 15) is 9.59 Å². The predicted molar refractivity (Wildman–Crippen MR) is 128 cm³/mol. The second-order valence-electron chi connectivity index (χ2n) is 5.40. The van der Waals surface area contributed by atoms with E-state index in [2.05, 4.69) is 19.2 Å². The van der Waals surface area contributed by atoms with Crippen LogP contribution in [-0.2, 0) is 0 Å². The lowest BCUT2D eigenvalue weighted by Crippen LogP contribution is -1.95. The molecule has 160 valence electrons. The van der Waals surface area contributed by atoms with Crippen LogP contribution in [-0.4, -0.2) is 39.4 Å². The Balaban J connectivity index is 0. The molecule has 29 heavy (non-hydrogen) atoms. The van der Waals surface area contributed by atoms with E-state index in [4.69, 9.17) is 10.2 Å². The Morgan fingerprint density at radius 3 is 1.76 bits per heavy atom. The zero-order chi connectivity index (χ0) is 21.0. The van der Waals surface area contributed by atoms with Crippen LogP contribution in [0.2, 0.25) is 0 Å². The highest BCUT2D eigenvalue weighted by Gasteiger charge is 2.04. The summed E-state index contributed by atoms with van der Waals surface area (Å²) in [4.78, 5) is 22.0. The Hall–Kier alpha value is -1.86. The number of rotatable bonds is 8. The minimum absolute atomic E-state index is 0. The number of carbonyl (C=O) groups excluding carboxylic acids is 2. The van der Waals surface area contributed by atoms with Crippen LogP contribution in [0, 0.1) is 0 Å². The summed E-state index contributed by atoms with van der Waals surface area (Å²) in [5, 5.41) is 16.5. The van der Waals surface area contributed by atoms with Crippen LogP contribution in [0.15, 0.2) is 73.3 Å². The molecule has 2 N–H and O–H groups in total. The summed E-state index contributed by atoms with van der Waals surface area (Å²) in [7, 11) is 0. The van der Waals surface area contributed by atoms with Crippen LogP contribution < -0.4 is 0 Å². The number of unbranched alkanes of at least 4 members (excludes halogenated alkanes) is 1. The van der Waals surface area contributed by atoms with Crippen molar-refractivity contribution in [1.82, 2.24) is 0 Å². The summed E-state index contributed by atoms with van der Waals surface area (Å²) in [6.07, 6.45) is 4.05. The van der Waals surface area contributed by atoms with Gasteiger partial charge < -0.3 is 10.2 Å². The monoisotopic (exact) mass is 436 g/mol. The predicted octanol–water partition coefficient (Wildman–Crippen LogP) is 5.28. The number of aliphatic hydroxyl groups excluding tert-OH is 2. The molecule has 0 saturated heterocycles. The van der Waals surface area contributed by atoms with E-state index in [0.29, 0.717) is 12.0 Å². The van der Waals surface area contributed by atoms with Gasteiger partial charge in [0.1, 0.15) is 0 Å². The van der Waals surface area contributed by atoms with Gasteiger partial charge in [0.15, 0.2) is 0 Å². The second-order valence-corrected chi connectivity index (χ2v) is 6.88. The highest BCUT2D eigenvalue weighted by molar-refractivity contribution is 8.14. The van der Waals surface area contributed by atoms with Gasteiger partial charge in [-0.15, -0.1) is 19.2 Å². The molecule has 6 heteroatoms. The molecule has 0 aromatic heterocycles. The fraction of sp³-hybridized carbons (Fsp3) is 0.304. The molecule has 0 amide bonds. The summed E-state index contributed by atoms with van der Waals surface area (Å²) in [6, 6.07) is 18.2. The average molecular weight is 437 g/mol. The molecule has 0 unspecified atom stereocenters. The van der Waals surface area contributed by atoms with E-state index in [1.54, 1.807) is 18.2 Å². The zero-order valence-corrected chi connectivity index (χ0v) is 17.6. The SMILES string of the molecule is C.C=CCCO.O=C(S)c1ccccc1.O=C(SCCCCO)c1ccccc1. The van der Waals surface area contributed by atoms with Crippen LogP contribution in [0.5, 0.6) is 0 Å². The van der Waals surface area contributed by atoms with Crippen molar-refractivity contribution in [2.75, 3.05) is 19.0 Å². The van der Waals surface area contributed by atoms with E-state index in [0.717, 1.165) is 24.2 Å². The van der Waals surface area contributed by atoms with Gasteiger partial charge in [-0.1, -0.05) is 85.9 Å². The number of benzene rings is 2. The molecule has 0 heterocycles. The van der Waals surface area contributed by atoms with Crippen molar-refractivity contribution in [3.63, 3.8) is 0 Å². The van der Waals surface area contributed by atoms with E-state index in [1.165, 1.54) is 11.8 Å². The van der Waals surface area contributed by atoms with Gasteiger partial charge in [0.2, 0.25) is 10.2 Å². The highest BCUT2D eigenvalue weighted by Crippen LogP contribution is 2.13. The van der Waals surface area contributed by atoms with Gasteiger partial charge in [0.05, 0.1) is 0 Å². The van der Waals surface area contributed by atoms with E-state index < -0.39 is 0 Å². The summed E-state index contributed by atoms with van der Waals surface area (Å²) in [6.45, 7) is 3.82. The third-order valence-electron chi connectivity index (χ3n) is 3.15. The first-order valence-corrected chi connectivity index (χ1v) is 10.3. The number of thioether (sulfide) groups is 1. The lowest BCUT2D eigenvalue weighted by Gasteiger charge is -1.99. The van der Waals surface area contributed by atoms with Crippen LogP contribution in [0.4, 0.5) is 0 Å². The molecule has 0 aliphatic rings. The molecule has 0 aliphatic heterocycles. The molecule has 0 radical (unpaired) electrons. The fourth-order valence-electron chi connectivity index (χ4n) is 1.71. The second kappa shape index (κ2) is 20.9. The van der Waals surface area contributed by atoms with Crippen molar-refractivity contribution in [3.8, 4) is 0 Å². The lowest BCUT2D eigenvalue weighted by atomic mass is 10.2. The Kier molecular flexibility index (Phi) is 21.1. The minimum Gasteiger partial charge on any atom is -0.396 e. The average Bonchev–Trinajstić information content (AvgIpc) is 2.74. The Morgan fingerprint density at radius 1 is 0.897 bits per heavy atom. The highest BCUT2D eigenvalue weighted by atomic mass is 32.2. The number of thiol groups is 1. The lowest BCUT2D eigenvalue weighted by molar-refractivity contribution is 0.108. The van der Waals surface area contributed by atoms with Gasteiger partial charge in [-0.05, 0) is 19.3 Å². The quantitative estimate of drug-likeness (QED) is 0.298. The third kappa shape index (κ3) is 16.8. The standard InChI is InChI=1S/C11H14O2S.C7H6OS.C4H8O.CH4/c12-8-4-5-9-14-11(13)10-6-2-1-3-7-10;8-7(9)6-4-2-1-3-5-6;1-2-3-4-5;/h1-3,6-7,12H,4-5,8-9H2;1-5H,(H,8,9);2,5H,1,3-4H2;1H4. The van der Waals surface area contributed by atoms with Crippen molar-refractivity contribution < 1.29 is 19.8 Å². The molecule has 2 aromatic carbocycles. The first kappa shape index (κ1) is 29.3. The molecule has 2 rings (SSSR count). The number of hydrogen-bond acceptors (Lipinski definition) is 5. The number of hydrogen-bond donors (Lipinski definition) is 3. The topological polar surface area (TPSA) is 74.6 Å². The van der Waals surface area contributed by atoms with E-state index >= 15 is 0 Å². The molecule has 0 saturated carbocycles. The zero-order valence-electron chi connectivity index (χ0n) is 15.9. The van der Waals surface area contributed by atoms with Gasteiger partial charge in [-0.2, -0.15) is 0 Å². The van der Waals surface area contributed by atoms with Crippen molar-refractivity contribution in [3.05, 3.63) is 84.4 Å². The van der Waals surface area contributed by atoms with Crippen molar-refractivity contribution in [1.29, 1.82) is 0 Å². The normalized spacial score (nSPS) is 8.93. The Bertz CT molecular complexity index is 661. The molecule has 0 fully saturated rings. The maximum absolute atomic E-state index is 11.5. The molecule has 0 bridgehead atoms.